The molecule has 1 N–H and O–H groups in total. The summed E-state index contributed by atoms with van der Waals surface area (Å²) in [6.45, 7) is 0. The molecule has 0 atom stereocenters. The first-order chi connectivity index (χ1) is 9.15. The van der Waals surface area contributed by atoms with Crippen LogP contribution in [-0.4, -0.2) is 18.3 Å². The highest BCUT2D eigenvalue weighted by molar-refractivity contribution is 6.32. The Balaban J connectivity index is 2.56. The zero-order valence-corrected chi connectivity index (χ0v) is 11.0. The molecule has 0 bridgehead atoms. The van der Waals surface area contributed by atoms with Crippen molar-refractivity contribution < 1.29 is 14.6 Å². The van der Waals surface area contributed by atoms with Crippen molar-refractivity contribution in [2.75, 3.05) is 12.0 Å². The number of phenols is 1. The molecule has 4 nitrogen and oxygen atoms in total. The van der Waals surface area contributed by atoms with Crippen LogP contribution < -0.4 is 4.90 Å². The van der Waals surface area contributed by atoms with Crippen molar-refractivity contribution in [1.82, 2.24) is 0 Å². The van der Waals surface area contributed by atoms with Gasteiger partial charge in [0.15, 0.2) is 5.75 Å². The number of phenolic OH excluding ortho intramolecular Hbond substituents is 1. The second-order valence-electron chi connectivity index (χ2n) is 3.75. The Morgan fingerprint density at radius 3 is 2.47 bits per heavy atom. The Labute approximate surface area is 115 Å². The Bertz CT molecular complexity index is 586. The van der Waals surface area contributed by atoms with Crippen molar-refractivity contribution in [2.45, 2.75) is 0 Å². The summed E-state index contributed by atoms with van der Waals surface area (Å²) >= 11 is 5.86. The Morgan fingerprint density at radius 2 is 1.84 bits per heavy atom. The van der Waals surface area contributed by atoms with Gasteiger partial charge in [0, 0.05) is 0 Å². The first-order valence-corrected chi connectivity index (χ1v) is 5.93. The van der Waals surface area contributed by atoms with Crippen molar-refractivity contribution in [1.29, 1.82) is 0 Å². The van der Waals surface area contributed by atoms with Gasteiger partial charge in [-0.25, -0.2) is 9.69 Å². The minimum Gasteiger partial charge on any atom is -0.504 e. The number of para-hydroxylation sites is 2. The van der Waals surface area contributed by atoms with Crippen LogP contribution in [0.2, 0.25) is 5.02 Å². The van der Waals surface area contributed by atoms with Crippen LogP contribution in [0.1, 0.15) is 0 Å². The SMILES string of the molecule is COC(=O)N(c1ccccc1)c1cccc(Cl)c1O. The topological polar surface area (TPSA) is 49.8 Å². The van der Waals surface area contributed by atoms with E-state index in [4.69, 9.17) is 16.3 Å². The van der Waals surface area contributed by atoms with Gasteiger partial charge in [-0.15, -0.1) is 0 Å². The van der Waals surface area contributed by atoms with Crippen LogP contribution in [0, 0.1) is 0 Å². The molecule has 1 amide bonds. The van der Waals surface area contributed by atoms with Crippen LogP contribution in [0.25, 0.3) is 0 Å². The van der Waals surface area contributed by atoms with Gasteiger partial charge in [0.05, 0.1) is 23.5 Å². The first kappa shape index (κ1) is 13.2. The number of methoxy groups -OCH3 is 1. The van der Waals surface area contributed by atoms with Gasteiger partial charge in [-0.2, -0.15) is 0 Å². The van der Waals surface area contributed by atoms with Crippen LogP contribution >= 0.6 is 11.6 Å². The number of hydrogen-bond acceptors (Lipinski definition) is 3. The number of amides is 1. The molecule has 5 heteroatoms. The number of rotatable bonds is 2. The lowest BCUT2D eigenvalue weighted by Crippen LogP contribution is -2.25. The second kappa shape index (κ2) is 5.63. The molecule has 0 aromatic heterocycles. The maximum atomic E-state index is 11.9. The summed E-state index contributed by atoms with van der Waals surface area (Å²) in [5, 5.41) is 10.2. The fraction of sp³-hybridized carbons (Fsp3) is 0.0714. The molecule has 0 aliphatic heterocycles. The van der Waals surface area contributed by atoms with Crippen LogP contribution in [0.5, 0.6) is 5.75 Å². The summed E-state index contributed by atoms with van der Waals surface area (Å²) in [6, 6.07) is 13.6. The first-order valence-electron chi connectivity index (χ1n) is 5.55. The molecular weight excluding hydrogens is 266 g/mol. The van der Waals surface area contributed by atoms with Crippen molar-refractivity contribution in [3.8, 4) is 5.75 Å². The smallest absolute Gasteiger partial charge is 0.418 e. The van der Waals surface area contributed by atoms with E-state index >= 15 is 0 Å². The van der Waals surface area contributed by atoms with Gasteiger partial charge in [-0.1, -0.05) is 35.9 Å². The van der Waals surface area contributed by atoms with E-state index in [2.05, 4.69) is 0 Å². The highest BCUT2D eigenvalue weighted by atomic mass is 35.5. The molecular formula is C14H12ClNO3. The lowest BCUT2D eigenvalue weighted by molar-refractivity contribution is 0.181. The van der Waals surface area contributed by atoms with E-state index in [0.717, 1.165) is 0 Å². The molecule has 0 saturated carbocycles. The average Bonchev–Trinajstić information content (AvgIpc) is 2.44. The Morgan fingerprint density at radius 1 is 1.16 bits per heavy atom. The van der Waals surface area contributed by atoms with Crippen molar-refractivity contribution >= 4 is 29.1 Å². The van der Waals surface area contributed by atoms with Crippen molar-refractivity contribution in [3.63, 3.8) is 0 Å². The molecule has 19 heavy (non-hydrogen) atoms. The number of halogens is 1. The molecule has 2 rings (SSSR count). The van der Waals surface area contributed by atoms with Gasteiger partial charge in [0.1, 0.15) is 0 Å². The van der Waals surface area contributed by atoms with Crippen LogP contribution in [0.15, 0.2) is 48.5 Å². The minimum absolute atomic E-state index is 0.168. The number of benzene rings is 2. The molecule has 0 fully saturated rings. The number of anilines is 2. The number of nitrogens with zero attached hydrogens (tertiary/aromatic N) is 1. The van der Waals surface area contributed by atoms with Crippen molar-refractivity contribution in [2.24, 2.45) is 0 Å². The largest absolute Gasteiger partial charge is 0.504 e. The van der Waals surface area contributed by atoms with E-state index in [1.807, 2.05) is 6.07 Å². The van der Waals surface area contributed by atoms with Gasteiger partial charge < -0.3 is 9.84 Å². The van der Waals surface area contributed by atoms with E-state index in [1.54, 1.807) is 42.5 Å². The molecule has 0 radical (unpaired) electrons. The predicted molar refractivity (Wildman–Crippen MR) is 74.1 cm³/mol. The third-order valence-corrected chi connectivity index (χ3v) is 2.88. The summed E-state index contributed by atoms with van der Waals surface area (Å²) in [6.07, 6.45) is -0.608. The fourth-order valence-electron chi connectivity index (χ4n) is 1.70. The predicted octanol–water partition coefficient (Wildman–Crippen LogP) is 3.95. The highest BCUT2D eigenvalue weighted by Crippen LogP contribution is 2.38. The van der Waals surface area contributed by atoms with E-state index < -0.39 is 6.09 Å². The number of carbonyl (C=O) groups excluding carboxylic acids is 1. The summed E-state index contributed by atoms with van der Waals surface area (Å²) in [5.41, 5.74) is 0.845. The Hall–Kier alpha value is -2.20. The maximum Gasteiger partial charge on any atom is 0.418 e. The molecule has 0 unspecified atom stereocenters. The third-order valence-electron chi connectivity index (χ3n) is 2.58. The molecule has 0 heterocycles. The van der Waals surface area contributed by atoms with Crippen molar-refractivity contribution in [3.05, 3.63) is 53.6 Å². The van der Waals surface area contributed by atoms with Gasteiger partial charge in [-0.3, -0.25) is 0 Å². The molecule has 0 spiro atoms. The van der Waals surface area contributed by atoms with Gasteiger partial charge >= 0.3 is 6.09 Å². The lowest BCUT2D eigenvalue weighted by Gasteiger charge is -2.22. The number of hydrogen-bond donors (Lipinski definition) is 1. The third kappa shape index (κ3) is 2.63. The quantitative estimate of drug-likeness (QED) is 0.904. The van der Waals surface area contributed by atoms with Crippen LogP contribution in [-0.2, 0) is 4.74 Å². The Kier molecular flexibility index (Phi) is 3.92. The van der Waals surface area contributed by atoms with E-state index in [0.29, 0.717) is 5.69 Å². The molecule has 0 aliphatic carbocycles. The molecule has 2 aromatic rings. The number of aromatic hydroxyl groups is 1. The zero-order chi connectivity index (χ0) is 13.8. The zero-order valence-electron chi connectivity index (χ0n) is 10.2. The lowest BCUT2D eigenvalue weighted by atomic mass is 10.2. The van der Waals surface area contributed by atoms with Crippen LogP contribution in [0.3, 0.4) is 0 Å². The molecule has 0 aliphatic rings. The van der Waals surface area contributed by atoms with E-state index in [-0.39, 0.29) is 16.5 Å². The fourth-order valence-corrected chi connectivity index (χ4v) is 1.87. The summed E-state index contributed by atoms with van der Waals surface area (Å²) in [4.78, 5) is 13.2. The second-order valence-corrected chi connectivity index (χ2v) is 4.16. The summed E-state index contributed by atoms with van der Waals surface area (Å²) < 4.78 is 4.75. The standard InChI is InChI=1S/C14H12ClNO3/c1-19-14(18)16(10-6-3-2-4-7-10)12-9-5-8-11(15)13(12)17/h2-9,17H,1H3. The van der Waals surface area contributed by atoms with Gasteiger partial charge in [0.2, 0.25) is 0 Å². The molecule has 0 saturated heterocycles. The van der Waals surface area contributed by atoms with E-state index in [1.165, 1.54) is 12.0 Å². The number of ether oxygens (including phenoxy) is 1. The normalized spacial score (nSPS) is 10.0. The molecule has 98 valence electrons. The monoisotopic (exact) mass is 277 g/mol. The number of carbonyl (C=O) groups is 1. The van der Waals surface area contributed by atoms with E-state index in [9.17, 15) is 9.90 Å². The van der Waals surface area contributed by atoms with Gasteiger partial charge in [-0.05, 0) is 24.3 Å². The minimum atomic E-state index is -0.608. The molecule has 2 aromatic carbocycles. The summed E-state index contributed by atoms with van der Waals surface area (Å²) in [5.74, 6) is -0.168. The van der Waals surface area contributed by atoms with Crippen LogP contribution in [0.4, 0.5) is 16.2 Å². The van der Waals surface area contributed by atoms with Gasteiger partial charge in [0.25, 0.3) is 0 Å². The average molecular weight is 278 g/mol. The highest BCUT2D eigenvalue weighted by Gasteiger charge is 2.22. The maximum absolute atomic E-state index is 11.9. The summed E-state index contributed by atoms with van der Waals surface area (Å²) in [7, 11) is 1.28.